The van der Waals surface area contributed by atoms with E-state index in [4.69, 9.17) is 0 Å². The monoisotopic (exact) mass is 267 g/mol. The summed E-state index contributed by atoms with van der Waals surface area (Å²) in [4.78, 5) is 12.0. The number of aryl methyl sites for hydroxylation is 1. The molecule has 1 amide bonds. The molecule has 0 unspecified atom stereocenters. The van der Waals surface area contributed by atoms with Crippen LogP contribution in [0.1, 0.15) is 28.8 Å². The number of hydrogen-bond donors (Lipinski definition) is 2. The fraction of sp³-hybridized carbons (Fsp3) is 0.462. The molecule has 1 aliphatic rings. The first-order chi connectivity index (χ1) is 8.56. The summed E-state index contributed by atoms with van der Waals surface area (Å²) in [6, 6.07) is 5.00. The summed E-state index contributed by atoms with van der Waals surface area (Å²) in [5.41, 5.74) is 1.21. The maximum absolute atomic E-state index is 12.0. The van der Waals surface area contributed by atoms with Crippen molar-refractivity contribution in [2.45, 2.75) is 25.8 Å². The average molecular weight is 267 g/mol. The molecular formula is C13H17NO3S. The van der Waals surface area contributed by atoms with Gasteiger partial charge in [0.2, 0.25) is 0 Å². The zero-order valence-electron chi connectivity index (χ0n) is 10.3. The van der Waals surface area contributed by atoms with Crippen LogP contribution in [0.15, 0.2) is 18.2 Å². The summed E-state index contributed by atoms with van der Waals surface area (Å²) in [6.07, 6.45) is 1.52. The fourth-order valence-corrected chi connectivity index (χ4v) is 3.26. The number of carbonyl (C=O) groups excluding carboxylic acids is 1. The lowest BCUT2D eigenvalue weighted by atomic mass is 10.1. The van der Waals surface area contributed by atoms with Gasteiger partial charge in [0.15, 0.2) is 0 Å². The minimum absolute atomic E-state index is 0.0960. The Morgan fingerprint density at radius 2 is 2.06 bits per heavy atom. The summed E-state index contributed by atoms with van der Waals surface area (Å²) in [7, 11) is -0.718. The predicted octanol–water partition coefficient (Wildman–Crippen LogP) is 1.34. The highest BCUT2D eigenvalue weighted by Crippen LogP contribution is 2.18. The van der Waals surface area contributed by atoms with Crippen molar-refractivity contribution in [1.82, 2.24) is 5.32 Å². The zero-order valence-corrected chi connectivity index (χ0v) is 11.1. The van der Waals surface area contributed by atoms with Gasteiger partial charge in [-0.2, -0.15) is 0 Å². The lowest BCUT2D eigenvalue weighted by Gasteiger charge is -2.22. The quantitative estimate of drug-likeness (QED) is 0.850. The molecule has 2 N–H and O–H groups in total. The Labute approximate surface area is 109 Å². The first kappa shape index (κ1) is 13.1. The number of benzene rings is 1. The number of nitrogens with one attached hydrogen (secondary N) is 1. The molecule has 18 heavy (non-hydrogen) atoms. The van der Waals surface area contributed by atoms with E-state index in [1.54, 1.807) is 19.1 Å². The maximum Gasteiger partial charge on any atom is 0.251 e. The van der Waals surface area contributed by atoms with Crippen LogP contribution in [-0.4, -0.2) is 32.8 Å². The van der Waals surface area contributed by atoms with Crippen LogP contribution in [0.5, 0.6) is 5.75 Å². The Hall–Kier alpha value is -1.36. The highest BCUT2D eigenvalue weighted by atomic mass is 32.2. The maximum atomic E-state index is 12.0. The van der Waals surface area contributed by atoms with Gasteiger partial charge in [-0.25, -0.2) is 0 Å². The van der Waals surface area contributed by atoms with E-state index >= 15 is 0 Å². The Kier molecular flexibility index (Phi) is 4.01. The molecule has 5 heteroatoms. The van der Waals surface area contributed by atoms with E-state index in [9.17, 15) is 14.1 Å². The molecule has 1 saturated heterocycles. The van der Waals surface area contributed by atoms with E-state index < -0.39 is 10.8 Å². The van der Waals surface area contributed by atoms with Gasteiger partial charge >= 0.3 is 0 Å². The normalized spacial score (nSPS) is 23.6. The topological polar surface area (TPSA) is 66.4 Å². The molecule has 1 aliphatic heterocycles. The van der Waals surface area contributed by atoms with E-state index in [-0.39, 0.29) is 17.7 Å². The number of carbonyl (C=O) groups is 1. The van der Waals surface area contributed by atoms with Crippen LogP contribution in [0.25, 0.3) is 0 Å². The number of phenolic OH excluding ortho intramolecular Hbond substituents is 1. The molecule has 0 radical (unpaired) electrons. The van der Waals surface area contributed by atoms with Crippen molar-refractivity contribution in [1.29, 1.82) is 0 Å². The van der Waals surface area contributed by atoms with Crippen LogP contribution in [0, 0.1) is 6.92 Å². The van der Waals surface area contributed by atoms with Crippen LogP contribution in [0.3, 0.4) is 0 Å². The van der Waals surface area contributed by atoms with Crippen molar-refractivity contribution in [3.63, 3.8) is 0 Å². The zero-order chi connectivity index (χ0) is 13.1. The van der Waals surface area contributed by atoms with Crippen LogP contribution < -0.4 is 5.32 Å². The van der Waals surface area contributed by atoms with Crippen LogP contribution in [0.4, 0.5) is 0 Å². The van der Waals surface area contributed by atoms with Gasteiger partial charge in [-0.15, -0.1) is 0 Å². The Morgan fingerprint density at radius 3 is 2.67 bits per heavy atom. The van der Waals surface area contributed by atoms with Crippen LogP contribution >= 0.6 is 0 Å². The van der Waals surface area contributed by atoms with E-state index in [1.807, 2.05) is 0 Å². The molecule has 1 fully saturated rings. The number of rotatable bonds is 2. The van der Waals surface area contributed by atoms with Gasteiger partial charge in [-0.1, -0.05) is 6.07 Å². The third-order valence-corrected chi connectivity index (χ3v) is 4.58. The molecule has 4 nitrogen and oxygen atoms in total. The van der Waals surface area contributed by atoms with Crippen LogP contribution in [-0.2, 0) is 10.8 Å². The van der Waals surface area contributed by atoms with Crippen molar-refractivity contribution >= 4 is 16.7 Å². The van der Waals surface area contributed by atoms with Gasteiger partial charge in [-0.05, 0) is 37.5 Å². The summed E-state index contributed by atoms with van der Waals surface area (Å²) in [6.45, 7) is 1.79. The summed E-state index contributed by atoms with van der Waals surface area (Å²) >= 11 is 0. The highest BCUT2D eigenvalue weighted by Gasteiger charge is 2.20. The predicted molar refractivity (Wildman–Crippen MR) is 71.2 cm³/mol. The minimum atomic E-state index is -0.718. The van der Waals surface area contributed by atoms with Gasteiger partial charge < -0.3 is 10.4 Å². The molecule has 0 saturated carbocycles. The van der Waals surface area contributed by atoms with Crippen LogP contribution in [0.2, 0.25) is 0 Å². The minimum Gasteiger partial charge on any atom is -0.508 e. The number of phenols is 1. The first-order valence-electron chi connectivity index (χ1n) is 6.01. The lowest BCUT2D eigenvalue weighted by molar-refractivity contribution is 0.0934. The Bertz CT molecular complexity index is 477. The molecule has 1 aromatic carbocycles. The highest BCUT2D eigenvalue weighted by molar-refractivity contribution is 7.85. The third-order valence-electron chi connectivity index (χ3n) is 3.19. The van der Waals surface area contributed by atoms with E-state index in [2.05, 4.69) is 5.32 Å². The number of hydrogen-bond acceptors (Lipinski definition) is 3. The summed E-state index contributed by atoms with van der Waals surface area (Å²) in [5, 5.41) is 12.5. The SMILES string of the molecule is Cc1ccc(C(=O)NC2CCS(=O)CC2)cc1O. The molecule has 2 rings (SSSR count). The number of amides is 1. The van der Waals surface area contributed by atoms with Gasteiger partial charge in [0.1, 0.15) is 5.75 Å². The molecule has 1 heterocycles. The van der Waals surface area contributed by atoms with Crippen molar-refractivity contribution in [3.8, 4) is 5.75 Å². The molecular weight excluding hydrogens is 250 g/mol. The van der Waals surface area contributed by atoms with E-state index in [1.165, 1.54) is 6.07 Å². The summed E-state index contributed by atoms with van der Waals surface area (Å²) < 4.78 is 11.2. The lowest BCUT2D eigenvalue weighted by Crippen LogP contribution is -2.39. The Balaban J connectivity index is 1.99. The third kappa shape index (κ3) is 3.10. The number of aromatic hydroxyl groups is 1. The fourth-order valence-electron chi connectivity index (χ4n) is 1.96. The van der Waals surface area contributed by atoms with Gasteiger partial charge in [0.05, 0.1) is 0 Å². The van der Waals surface area contributed by atoms with Crippen molar-refractivity contribution in [3.05, 3.63) is 29.3 Å². The van der Waals surface area contributed by atoms with Gasteiger partial charge in [0, 0.05) is 33.9 Å². The van der Waals surface area contributed by atoms with E-state index in [0.717, 1.165) is 18.4 Å². The first-order valence-corrected chi connectivity index (χ1v) is 7.50. The standard InChI is InChI=1S/C13H17NO3S/c1-9-2-3-10(8-12(9)15)13(16)14-11-4-6-18(17)7-5-11/h2-3,8,11,15H,4-7H2,1H3,(H,14,16). The molecule has 0 aromatic heterocycles. The van der Waals surface area contributed by atoms with Gasteiger partial charge in [-0.3, -0.25) is 9.00 Å². The van der Waals surface area contributed by atoms with Crippen molar-refractivity contribution < 1.29 is 14.1 Å². The molecule has 1 aromatic rings. The second kappa shape index (κ2) is 5.52. The van der Waals surface area contributed by atoms with Gasteiger partial charge in [0.25, 0.3) is 5.91 Å². The molecule has 0 aliphatic carbocycles. The smallest absolute Gasteiger partial charge is 0.251 e. The second-order valence-electron chi connectivity index (χ2n) is 4.60. The largest absolute Gasteiger partial charge is 0.508 e. The molecule has 0 bridgehead atoms. The second-order valence-corrected chi connectivity index (χ2v) is 6.29. The van der Waals surface area contributed by atoms with Crippen molar-refractivity contribution in [2.24, 2.45) is 0 Å². The summed E-state index contributed by atoms with van der Waals surface area (Å²) in [5.74, 6) is 1.27. The Morgan fingerprint density at radius 1 is 1.39 bits per heavy atom. The van der Waals surface area contributed by atoms with Crippen molar-refractivity contribution in [2.75, 3.05) is 11.5 Å². The average Bonchev–Trinajstić information content (AvgIpc) is 2.35. The molecule has 98 valence electrons. The molecule has 0 spiro atoms. The van der Waals surface area contributed by atoms with E-state index in [0.29, 0.717) is 17.1 Å². The molecule has 0 atom stereocenters.